The predicted molar refractivity (Wildman–Crippen MR) is 87.1 cm³/mol. The van der Waals surface area contributed by atoms with E-state index in [2.05, 4.69) is 4.72 Å². The standard InChI is InChI=1S/C14H22N2O2S.ClH/c1-12(2)10-14(11-15)16-19(17,18)9-8-13-6-4-3-5-7-13;/h3-9,12,14,16H,10-11,15H2,1-2H3;1H. The highest BCUT2D eigenvalue weighted by molar-refractivity contribution is 7.92. The van der Waals surface area contributed by atoms with Crippen LogP contribution in [0.3, 0.4) is 0 Å². The fraction of sp³-hybridized carbons (Fsp3) is 0.429. The number of rotatable bonds is 7. The Morgan fingerprint density at radius 3 is 2.35 bits per heavy atom. The van der Waals surface area contributed by atoms with Gasteiger partial charge in [0.05, 0.1) is 0 Å². The van der Waals surface area contributed by atoms with E-state index in [-0.39, 0.29) is 18.4 Å². The van der Waals surface area contributed by atoms with E-state index in [1.807, 2.05) is 44.2 Å². The summed E-state index contributed by atoms with van der Waals surface area (Å²) >= 11 is 0. The van der Waals surface area contributed by atoms with Crippen LogP contribution in [0.4, 0.5) is 0 Å². The molecule has 1 aromatic carbocycles. The van der Waals surface area contributed by atoms with Crippen molar-refractivity contribution in [3.05, 3.63) is 41.3 Å². The first kappa shape index (κ1) is 19.1. The van der Waals surface area contributed by atoms with Gasteiger partial charge < -0.3 is 5.73 Å². The molecule has 3 N–H and O–H groups in total. The molecule has 0 saturated heterocycles. The third-order valence-electron chi connectivity index (χ3n) is 2.61. The lowest BCUT2D eigenvalue weighted by molar-refractivity contribution is 0.467. The van der Waals surface area contributed by atoms with Crippen molar-refractivity contribution in [3.8, 4) is 0 Å². The Morgan fingerprint density at radius 2 is 1.85 bits per heavy atom. The summed E-state index contributed by atoms with van der Waals surface area (Å²) in [6.07, 6.45) is 2.31. The summed E-state index contributed by atoms with van der Waals surface area (Å²) in [5.41, 5.74) is 6.43. The van der Waals surface area contributed by atoms with Crippen LogP contribution >= 0.6 is 12.4 Å². The first-order chi connectivity index (χ1) is 8.93. The van der Waals surface area contributed by atoms with Gasteiger partial charge in [-0.25, -0.2) is 13.1 Å². The molecule has 0 radical (unpaired) electrons. The molecule has 0 fully saturated rings. The highest BCUT2D eigenvalue weighted by Crippen LogP contribution is 2.07. The predicted octanol–water partition coefficient (Wildman–Crippen LogP) is 2.37. The number of nitrogens with one attached hydrogen (secondary N) is 1. The average molecular weight is 319 g/mol. The van der Waals surface area contributed by atoms with E-state index in [1.54, 1.807) is 6.08 Å². The lowest BCUT2D eigenvalue weighted by atomic mass is 10.1. The largest absolute Gasteiger partial charge is 0.329 e. The van der Waals surface area contributed by atoms with Gasteiger partial charge in [-0.2, -0.15) is 0 Å². The number of hydrogen-bond acceptors (Lipinski definition) is 3. The van der Waals surface area contributed by atoms with Crippen molar-refractivity contribution in [1.29, 1.82) is 0 Å². The van der Waals surface area contributed by atoms with Crippen LogP contribution in [0.15, 0.2) is 35.7 Å². The van der Waals surface area contributed by atoms with Gasteiger partial charge in [0.1, 0.15) is 0 Å². The van der Waals surface area contributed by atoms with E-state index in [9.17, 15) is 8.42 Å². The molecule has 6 heteroatoms. The second-order valence-electron chi connectivity index (χ2n) is 4.94. The second-order valence-corrected chi connectivity index (χ2v) is 6.54. The monoisotopic (exact) mass is 318 g/mol. The Balaban J connectivity index is 0.00000361. The Hall–Kier alpha value is -0.880. The lowest BCUT2D eigenvalue weighted by Gasteiger charge is -2.17. The highest BCUT2D eigenvalue weighted by Gasteiger charge is 2.15. The normalized spacial score (nSPS) is 13.4. The van der Waals surface area contributed by atoms with Crippen molar-refractivity contribution in [2.75, 3.05) is 6.54 Å². The van der Waals surface area contributed by atoms with Gasteiger partial charge in [-0.1, -0.05) is 44.2 Å². The van der Waals surface area contributed by atoms with E-state index >= 15 is 0 Å². The third kappa shape index (κ3) is 7.65. The first-order valence-electron chi connectivity index (χ1n) is 6.38. The summed E-state index contributed by atoms with van der Waals surface area (Å²) in [6.45, 7) is 4.38. The molecule has 0 aliphatic rings. The lowest BCUT2D eigenvalue weighted by Crippen LogP contribution is -2.40. The van der Waals surface area contributed by atoms with E-state index in [4.69, 9.17) is 5.73 Å². The first-order valence-corrected chi connectivity index (χ1v) is 7.93. The molecule has 0 aliphatic heterocycles. The molecule has 114 valence electrons. The summed E-state index contributed by atoms with van der Waals surface area (Å²) < 4.78 is 26.4. The number of hydrogen-bond donors (Lipinski definition) is 2. The van der Waals surface area contributed by atoms with Gasteiger partial charge in [-0.05, 0) is 24.0 Å². The van der Waals surface area contributed by atoms with Gasteiger partial charge in [0.25, 0.3) is 0 Å². The Kier molecular flexibility index (Phi) is 8.73. The molecule has 0 heterocycles. The van der Waals surface area contributed by atoms with Crippen LogP contribution in [-0.4, -0.2) is 21.0 Å². The number of benzene rings is 1. The van der Waals surface area contributed by atoms with Crippen LogP contribution in [0.25, 0.3) is 6.08 Å². The Labute approximate surface area is 127 Å². The van der Waals surface area contributed by atoms with Crippen molar-refractivity contribution in [3.63, 3.8) is 0 Å². The van der Waals surface area contributed by atoms with Crippen molar-refractivity contribution in [2.24, 2.45) is 11.7 Å². The van der Waals surface area contributed by atoms with Crippen LogP contribution in [0, 0.1) is 5.92 Å². The average Bonchev–Trinajstić information content (AvgIpc) is 2.36. The van der Waals surface area contributed by atoms with Crippen molar-refractivity contribution >= 4 is 28.5 Å². The van der Waals surface area contributed by atoms with Gasteiger partial charge in [0.15, 0.2) is 0 Å². The van der Waals surface area contributed by atoms with Crippen molar-refractivity contribution < 1.29 is 8.42 Å². The zero-order chi connectivity index (χ0) is 14.3. The molecule has 0 bridgehead atoms. The smallest absolute Gasteiger partial charge is 0.234 e. The van der Waals surface area contributed by atoms with Crippen LogP contribution < -0.4 is 10.5 Å². The van der Waals surface area contributed by atoms with Gasteiger partial charge in [0, 0.05) is 18.0 Å². The summed E-state index contributed by atoms with van der Waals surface area (Å²) in [6, 6.07) is 9.09. The van der Waals surface area contributed by atoms with Crippen LogP contribution in [0.2, 0.25) is 0 Å². The second kappa shape index (κ2) is 9.13. The van der Waals surface area contributed by atoms with Crippen LogP contribution in [0.5, 0.6) is 0 Å². The summed E-state index contributed by atoms with van der Waals surface area (Å²) in [7, 11) is -3.45. The van der Waals surface area contributed by atoms with E-state index in [0.29, 0.717) is 12.5 Å². The summed E-state index contributed by atoms with van der Waals surface area (Å²) in [5.74, 6) is 0.398. The fourth-order valence-corrected chi connectivity index (χ4v) is 2.84. The minimum atomic E-state index is -3.45. The molecule has 20 heavy (non-hydrogen) atoms. The zero-order valence-electron chi connectivity index (χ0n) is 11.8. The number of nitrogens with two attached hydrogens (primary N) is 1. The van der Waals surface area contributed by atoms with Crippen LogP contribution in [0.1, 0.15) is 25.8 Å². The molecule has 1 aromatic rings. The molecule has 4 nitrogen and oxygen atoms in total. The molecule has 0 aliphatic carbocycles. The maximum Gasteiger partial charge on any atom is 0.234 e. The molecular formula is C14H23ClN2O2S. The third-order valence-corrected chi connectivity index (χ3v) is 3.77. The summed E-state index contributed by atoms with van der Waals surface area (Å²) in [4.78, 5) is 0. The van der Waals surface area contributed by atoms with E-state index < -0.39 is 10.0 Å². The van der Waals surface area contributed by atoms with E-state index in [1.165, 1.54) is 5.41 Å². The quantitative estimate of drug-likeness (QED) is 0.810. The SMILES string of the molecule is CC(C)CC(CN)NS(=O)(=O)C=Cc1ccccc1.Cl. The van der Waals surface area contributed by atoms with Gasteiger partial charge >= 0.3 is 0 Å². The Bertz CT molecular complexity index is 501. The fourth-order valence-electron chi connectivity index (χ4n) is 1.77. The minimum absolute atomic E-state index is 0. The molecule has 0 spiro atoms. The maximum absolute atomic E-state index is 11.9. The van der Waals surface area contributed by atoms with Gasteiger partial charge in [0.2, 0.25) is 10.0 Å². The molecule has 0 amide bonds. The number of halogens is 1. The highest BCUT2D eigenvalue weighted by atomic mass is 35.5. The Morgan fingerprint density at radius 1 is 1.25 bits per heavy atom. The minimum Gasteiger partial charge on any atom is -0.329 e. The van der Waals surface area contributed by atoms with Crippen molar-refractivity contribution in [2.45, 2.75) is 26.3 Å². The molecule has 0 aromatic heterocycles. The van der Waals surface area contributed by atoms with Gasteiger partial charge in [-0.15, -0.1) is 12.4 Å². The number of sulfonamides is 1. The van der Waals surface area contributed by atoms with Gasteiger partial charge in [-0.3, -0.25) is 0 Å². The van der Waals surface area contributed by atoms with Crippen LogP contribution in [-0.2, 0) is 10.0 Å². The van der Waals surface area contributed by atoms with Crippen molar-refractivity contribution in [1.82, 2.24) is 4.72 Å². The molecule has 1 unspecified atom stereocenters. The zero-order valence-corrected chi connectivity index (χ0v) is 13.5. The molecule has 1 atom stereocenters. The molecule has 0 saturated carbocycles. The van der Waals surface area contributed by atoms with E-state index in [0.717, 1.165) is 12.0 Å². The molecule has 1 rings (SSSR count). The molecular weight excluding hydrogens is 296 g/mol. The summed E-state index contributed by atoms with van der Waals surface area (Å²) in [5, 5.41) is 1.19. The maximum atomic E-state index is 11.9. The topological polar surface area (TPSA) is 72.2 Å².